The van der Waals surface area contributed by atoms with Crippen LogP contribution in [0.5, 0.6) is 0 Å². The second-order valence-electron chi connectivity index (χ2n) is 3.24. The largest absolute Gasteiger partial charge is 0.450 e. The van der Waals surface area contributed by atoms with E-state index in [2.05, 4.69) is 32.8 Å². The van der Waals surface area contributed by atoms with Gasteiger partial charge >= 0.3 is 6.09 Å². The number of rotatable bonds is 5. The van der Waals surface area contributed by atoms with Crippen LogP contribution in [0.25, 0.3) is 0 Å². The summed E-state index contributed by atoms with van der Waals surface area (Å²) >= 11 is 3.53. The van der Waals surface area contributed by atoms with E-state index >= 15 is 0 Å². The summed E-state index contributed by atoms with van der Waals surface area (Å²) in [5.41, 5.74) is 6.12. The topological polar surface area (TPSA) is 52.3 Å². The molecule has 0 aliphatic heterocycles. The molecule has 1 atom stereocenters. The van der Waals surface area contributed by atoms with Crippen molar-refractivity contribution in [1.29, 1.82) is 0 Å². The van der Waals surface area contributed by atoms with E-state index in [1.807, 2.05) is 18.2 Å². The van der Waals surface area contributed by atoms with Crippen LogP contribution in [-0.2, 0) is 11.2 Å². The van der Waals surface area contributed by atoms with Crippen molar-refractivity contribution in [3.8, 4) is 0 Å². The lowest BCUT2D eigenvalue weighted by Gasteiger charge is -2.09. The molecule has 1 unspecified atom stereocenters. The molecule has 0 spiro atoms. The molecule has 0 radical (unpaired) electrons. The Morgan fingerprint density at radius 3 is 2.67 bits per heavy atom. The quantitative estimate of drug-likeness (QED) is 0.837. The van der Waals surface area contributed by atoms with Crippen LogP contribution in [0, 0.1) is 0 Å². The van der Waals surface area contributed by atoms with Crippen LogP contribution in [-0.4, -0.2) is 17.5 Å². The van der Waals surface area contributed by atoms with Gasteiger partial charge in [0.1, 0.15) is 0 Å². The van der Waals surface area contributed by atoms with Crippen molar-refractivity contribution in [2.24, 2.45) is 5.73 Å². The molecular weight excluding hydrogens is 258 g/mol. The van der Waals surface area contributed by atoms with Gasteiger partial charge in [-0.15, -0.1) is 0 Å². The Bertz CT molecular complexity index is 303. The zero-order chi connectivity index (χ0) is 11.1. The lowest BCUT2D eigenvalue weighted by Crippen LogP contribution is -2.16. The fourth-order valence-electron chi connectivity index (χ4n) is 1.26. The predicted octanol–water partition coefficient (Wildman–Crippen LogP) is 2.48. The van der Waals surface area contributed by atoms with Crippen molar-refractivity contribution >= 4 is 22.0 Å². The van der Waals surface area contributed by atoms with Crippen molar-refractivity contribution in [3.63, 3.8) is 0 Å². The van der Waals surface area contributed by atoms with Crippen LogP contribution in [0.15, 0.2) is 30.3 Å². The van der Waals surface area contributed by atoms with Crippen LogP contribution < -0.4 is 5.73 Å². The summed E-state index contributed by atoms with van der Waals surface area (Å²) in [5, 5.41) is 0. The van der Waals surface area contributed by atoms with Gasteiger partial charge in [-0.2, -0.15) is 0 Å². The highest BCUT2D eigenvalue weighted by Gasteiger charge is 2.06. The molecule has 1 aromatic carbocycles. The van der Waals surface area contributed by atoms with Crippen LogP contribution in [0.3, 0.4) is 0 Å². The monoisotopic (exact) mass is 271 g/mol. The summed E-state index contributed by atoms with van der Waals surface area (Å²) in [6.45, 7) is 0.359. The van der Waals surface area contributed by atoms with Crippen LogP contribution >= 0.6 is 15.9 Å². The standard InChI is InChI=1S/C11H14BrNO2/c12-10(6-7-15-11(13)14)8-9-4-2-1-3-5-9/h1-5,10H,6-8H2,(H2,13,14). The van der Waals surface area contributed by atoms with E-state index < -0.39 is 6.09 Å². The number of primary amides is 1. The minimum Gasteiger partial charge on any atom is -0.450 e. The van der Waals surface area contributed by atoms with Crippen molar-refractivity contribution in [2.45, 2.75) is 17.7 Å². The molecule has 0 aliphatic carbocycles. The van der Waals surface area contributed by atoms with Crippen LogP contribution in [0.4, 0.5) is 4.79 Å². The van der Waals surface area contributed by atoms with Crippen molar-refractivity contribution in [1.82, 2.24) is 0 Å². The van der Waals surface area contributed by atoms with Crippen molar-refractivity contribution in [3.05, 3.63) is 35.9 Å². The summed E-state index contributed by atoms with van der Waals surface area (Å²) < 4.78 is 4.66. The van der Waals surface area contributed by atoms with Gasteiger partial charge in [-0.05, 0) is 18.4 Å². The van der Waals surface area contributed by atoms with Crippen LogP contribution in [0.1, 0.15) is 12.0 Å². The van der Waals surface area contributed by atoms with E-state index in [1.54, 1.807) is 0 Å². The number of alkyl halides is 1. The second kappa shape index (κ2) is 6.45. The molecule has 0 aromatic heterocycles. The molecule has 3 nitrogen and oxygen atoms in total. The highest BCUT2D eigenvalue weighted by atomic mass is 79.9. The van der Waals surface area contributed by atoms with E-state index in [0.29, 0.717) is 11.4 Å². The van der Waals surface area contributed by atoms with E-state index in [-0.39, 0.29) is 0 Å². The number of nitrogens with two attached hydrogens (primary N) is 1. The van der Waals surface area contributed by atoms with Gasteiger partial charge in [0.25, 0.3) is 0 Å². The maximum Gasteiger partial charge on any atom is 0.404 e. The average molecular weight is 272 g/mol. The third-order valence-corrected chi connectivity index (χ3v) is 2.76. The average Bonchev–Trinajstić information content (AvgIpc) is 2.18. The smallest absolute Gasteiger partial charge is 0.404 e. The molecule has 82 valence electrons. The van der Waals surface area contributed by atoms with E-state index in [4.69, 9.17) is 5.73 Å². The zero-order valence-corrected chi connectivity index (χ0v) is 9.94. The maximum atomic E-state index is 10.3. The lowest BCUT2D eigenvalue weighted by molar-refractivity contribution is 0.155. The highest BCUT2D eigenvalue weighted by molar-refractivity contribution is 9.09. The number of hydrogen-bond donors (Lipinski definition) is 1. The normalized spacial score (nSPS) is 12.1. The fourth-order valence-corrected chi connectivity index (χ4v) is 1.82. The van der Waals surface area contributed by atoms with Crippen molar-refractivity contribution < 1.29 is 9.53 Å². The molecule has 0 aliphatic rings. The highest BCUT2D eigenvalue weighted by Crippen LogP contribution is 2.13. The molecular formula is C11H14BrNO2. The summed E-state index contributed by atoms with van der Waals surface area (Å²) in [6.07, 6.45) is 0.968. The third kappa shape index (κ3) is 5.42. The Labute approximate surface area is 97.7 Å². The van der Waals surface area contributed by atoms with E-state index in [0.717, 1.165) is 12.8 Å². The predicted molar refractivity (Wildman–Crippen MR) is 63.0 cm³/mol. The second-order valence-corrected chi connectivity index (χ2v) is 4.54. The summed E-state index contributed by atoms with van der Waals surface area (Å²) in [7, 11) is 0. The minimum atomic E-state index is -0.714. The Morgan fingerprint density at radius 1 is 1.40 bits per heavy atom. The number of carbonyl (C=O) groups is 1. The Balaban J connectivity index is 2.24. The van der Waals surface area contributed by atoms with Gasteiger partial charge in [-0.1, -0.05) is 46.3 Å². The first-order chi connectivity index (χ1) is 7.18. The molecule has 15 heavy (non-hydrogen) atoms. The summed E-state index contributed by atoms with van der Waals surface area (Å²) in [5.74, 6) is 0. The molecule has 0 saturated heterocycles. The molecule has 1 amide bonds. The van der Waals surface area contributed by atoms with Crippen molar-refractivity contribution in [2.75, 3.05) is 6.61 Å². The molecule has 2 N–H and O–H groups in total. The zero-order valence-electron chi connectivity index (χ0n) is 8.36. The van der Waals surface area contributed by atoms with E-state index in [9.17, 15) is 4.79 Å². The number of halogens is 1. The molecule has 0 saturated carbocycles. The van der Waals surface area contributed by atoms with Gasteiger partial charge in [-0.3, -0.25) is 0 Å². The number of carbonyl (C=O) groups excluding carboxylic acids is 1. The molecule has 1 rings (SSSR count). The van der Waals surface area contributed by atoms with Gasteiger partial charge in [-0.25, -0.2) is 4.79 Å². The Kier molecular flexibility index (Phi) is 5.18. The molecule has 0 bridgehead atoms. The van der Waals surface area contributed by atoms with Gasteiger partial charge in [0.05, 0.1) is 6.61 Å². The Hall–Kier alpha value is -1.03. The summed E-state index contributed by atoms with van der Waals surface area (Å²) in [4.78, 5) is 10.6. The molecule has 1 aromatic rings. The lowest BCUT2D eigenvalue weighted by atomic mass is 10.1. The molecule has 0 fully saturated rings. The van der Waals surface area contributed by atoms with Gasteiger partial charge in [0, 0.05) is 4.83 Å². The fraction of sp³-hybridized carbons (Fsp3) is 0.364. The number of ether oxygens (including phenoxy) is 1. The maximum absolute atomic E-state index is 10.3. The van der Waals surface area contributed by atoms with Gasteiger partial charge in [0.2, 0.25) is 0 Å². The first-order valence-electron chi connectivity index (χ1n) is 4.78. The number of benzene rings is 1. The molecule has 4 heteroatoms. The van der Waals surface area contributed by atoms with Crippen LogP contribution in [0.2, 0.25) is 0 Å². The Morgan fingerprint density at radius 2 is 2.07 bits per heavy atom. The first kappa shape index (κ1) is 12.0. The van der Waals surface area contributed by atoms with Gasteiger partial charge in [0.15, 0.2) is 0 Å². The number of amides is 1. The van der Waals surface area contributed by atoms with E-state index in [1.165, 1.54) is 5.56 Å². The summed E-state index contributed by atoms with van der Waals surface area (Å²) in [6, 6.07) is 10.2. The third-order valence-electron chi connectivity index (χ3n) is 1.98. The molecule has 0 heterocycles. The number of hydrogen-bond acceptors (Lipinski definition) is 2. The SMILES string of the molecule is NC(=O)OCCC(Br)Cc1ccccc1. The minimum absolute atomic E-state index is 0.305. The van der Waals surface area contributed by atoms with Gasteiger partial charge < -0.3 is 10.5 Å². The first-order valence-corrected chi connectivity index (χ1v) is 5.70.